The largest absolute Gasteiger partial charge is 0.437 e. The van der Waals surface area contributed by atoms with Crippen LogP contribution in [-0.2, 0) is 6.42 Å². The van der Waals surface area contributed by atoms with Crippen LogP contribution in [-0.4, -0.2) is 32.8 Å². The van der Waals surface area contributed by atoms with Crippen LogP contribution in [0.2, 0.25) is 0 Å². The molecule has 5 rings (SSSR count). The highest BCUT2D eigenvalue weighted by molar-refractivity contribution is 6.04. The van der Waals surface area contributed by atoms with Crippen LogP contribution in [0.15, 0.2) is 60.9 Å². The Bertz CT molecular complexity index is 1360. The Labute approximate surface area is 196 Å². The third-order valence-corrected chi connectivity index (χ3v) is 5.78. The van der Waals surface area contributed by atoms with E-state index in [0.29, 0.717) is 28.0 Å². The molecule has 3 N–H and O–H groups in total. The molecule has 0 saturated carbocycles. The van der Waals surface area contributed by atoms with Gasteiger partial charge in [0.05, 0.1) is 17.8 Å². The first kappa shape index (κ1) is 21.6. The summed E-state index contributed by atoms with van der Waals surface area (Å²) in [6, 6.07) is 15.0. The van der Waals surface area contributed by atoms with Gasteiger partial charge in [0.2, 0.25) is 5.88 Å². The van der Waals surface area contributed by atoms with Gasteiger partial charge in [-0.05, 0) is 62.1 Å². The maximum absolute atomic E-state index is 12.6. The van der Waals surface area contributed by atoms with Crippen molar-refractivity contribution in [2.45, 2.75) is 38.8 Å². The Morgan fingerprint density at radius 1 is 1.12 bits per heavy atom. The zero-order valence-corrected chi connectivity index (χ0v) is 19.0. The van der Waals surface area contributed by atoms with Crippen molar-refractivity contribution < 1.29 is 14.3 Å². The summed E-state index contributed by atoms with van der Waals surface area (Å²) in [7, 11) is 0. The van der Waals surface area contributed by atoms with Gasteiger partial charge in [0, 0.05) is 17.8 Å². The van der Waals surface area contributed by atoms with Crippen LogP contribution in [0.4, 0.5) is 0 Å². The number of carbonyl (C=O) groups excluding carboxylic acids is 2. The minimum Gasteiger partial charge on any atom is -0.437 e. The molecule has 2 amide bonds. The minimum absolute atomic E-state index is 0.00610. The standard InChI is InChI=1S/C26H25N5O3/c1-15(2)29-26(33)20-13-27-24-23(20)31-22(14-28-24)34-18-10-8-16-9-11-21(19(16)12-18)30-25(32)17-6-4-3-5-7-17/h3-8,10,12-15,21H,9,11H2,1-2H3,(H,27,28)(H,29,33)(H,30,32)/t21-/m1/s1. The molecule has 0 radical (unpaired) electrons. The topological polar surface area (TPSA) is 109 Å². The lowest BCUT2D eigenvalue weighted by atomic mass is 10.1. The highest BCUT2D eigenvalue weighted by Gasteiger charge is 2.25. The van der Waals surface area contributed by atoms with Crippen LogP contribution >= 0.6 is 0 Å². The summed E-state index contributed by atoms with van der Waals surface area (Å²) in [4.78, 5) is 37.0. The number of benzene rings is 2. The maximum Gasteiger partial charge on any atom is 0.255 e. The molecule has 2 heterocycles. The molecular weight excluding hydrogens is 430 g/mol. The molecule has 0 bridgehead atoms. The molecule has 1 atom stereocenters. The lowest BCUT2D eigenvalue weighted by Crippen LogP contribution is -2.29. The SMILES string of the molecule is CC(C)NC(=O)c1c[nH]c2ncc(Oc3ccc4c(c3)[C@H](NC(=O)c3ccccc3)CC4)nc12. The monoisotopic (exact) mass is 455 g/mol. The molecule has 2 aromatic heterocycles. The third-order valence-electron chi connectivity index (χ3n) is 5.78. The summed E-state index contributed by atoms with van der Waals surface area (Å²) >= 11 is 0. The average Bonchev–Trinajstić information content (AvgIpc) is 3.43. The molecule has 1 aliphatic rings. The molecule has 4 aromatic rings. The first-order valence-electron chi connectivity index (χ1n) is 11.3. The van der Waals surface area contributed by atoms with Crippen molar-refractivity contribution in [2.75, 3.05) is 0 Å². The molecule has 8 heteroatoms. The summed E-state index contributed by atoms with van der Waals surface area (Å²) in [5.41, 5.74) is 4.23. The Kier molecular flexibility index (Phi) is 5.71. The number of hydrogen-bond acceptors (Lipinski definition) is 5. The quantitative estimate of drug-likeness (QED) is 0.402. The molecule has 0 fully saturated rings. The van der Waals surface area contributed by atoms with E-state index in [1.165, 1.54) is 11.8 Å². The van der Waals surface area contributed by atoms with Crippen LogP contribution in [0.3, 0.4) is 0 Å². The maximum atomic E-state index is 12.6. The van der Waals surface area contributed by atoms with Crippen LogP contribution in [0.1, 0.15) is 58.2 Å². The van der Waals surface area contributed by atoms with Crippen molar-refractivity contribution in [1.82, 2.24) is 25.6 Å². The summed E-state index contributed by atoms with van der Waals surface area (Å²) < 4.78 is 6.00. The van der Waals surface area contributed by atoms with Gasteiger partial charge in [-0.3, -0.25) is 9.59 Å². The van der Waals surface area contributed by atoms with E-state index in [4.69, 9.17) is 4.74 Å². The van der Waals surface area contributed by atoms with E-state index in [2.05, 4.69) is 25.6 Å². The fourth-order valence-corrected chi connectivity index (χ4v) is 4.18. The fourth-order valence-electron chi connectivity index (χ4n) is 4.18. The number of amides is 2. The number of rotatable bonds is 6. The van der Waals surface area contributed by atoms with Crippen molar-refractivity contribution >= 4 is 23.0 Å². The number of carbonyl (C=O) groups is 2. The highest BCUT2D eigenvalue weighted by Crippen LogP contribution is 2.35. The second-order valence-corrected chi connectivity index (χ2v) is 8.63. The molecule has 2 aromatic carbocycles. The molecule has 8 nitrogen and oxygen atoms in total. The van der Waals surface area contributed by atoms with Crippen LogP contribution < -0.4 is 15.4 Å². The molecule has 0 unspecified atom stereocenters. The molecule has 0 saturated heterocycles. The van der Waals surface area contributed by atoms with E-state index in [9.17, 15) is 9.59 Å². The molecule has 172 valence electrons. The Morgan fingerprint density at radius 3 is 2.74 bits per heavy atom. The van der Waals surface area contributed by atoms with Crippen molar-refractivity contribution in [3.05, 3.63) is 83.2 Å². The van der Waals surface area contributed by atoms with Crippen LogP contribution in [0.5, 0.6) is 11.6 Å². The highest BCUT2D eigenvalue weighted by atomic mass is 16.5. The van der Waals surface area contributed by atoms with Crippen molar-refractivity contribution in [1.29, 1.82) is 0 Å². The lowest BCUT2D eigenvalue weighted by molar-refractivity contribution is 0.0931. The molecule has 0 spiro atoms. The van der Waals surface area contributed by atoms with Crippen LogP contribution in [0.25, 0.3) is 11.2 Å². The zero-order valence-electron chi connectivity index (χ0n) is 19.0. The lowest BCUT2D eigenvalue weighted by Gasteiger charge is -2.15. The van der Waals surface area contributed by atoms with Crippen molar-refractivity contribution in [3.8, 4) is 11.6 Å². The Morgan fingerprint density at radius 2 is 1.94 bits per heavy atom. The van der Waals surface area contributed by atoms with E-state index in [1.54, 1.807) is 18.3 Å². The number of nitrogens with zero attached hydrogens (tertiary/aromatic N) is 2. The zero-order chi connectivity index (χ0) is 23.7. The number of aromatic nitrogens is 3. The average molecular weight is 456 g/mol. The second-order valence-electron chi connectivity index (χ2n) is 8.63. The predicted molar refractivity (Wildman–Crippen MR) is 128 cm³/mol. The van der Waals surface area contributed by atoms with E-state index in [-0.39, 0.29) is 29.8 Å². The second kappa shape index (κ2) is 8.97. The van der Waals surface area contributed by atoms with Gasteiger partial charge in [-0.2, -0.15) is 0 Å². The van der Waals surface area contributed by atoms with E-state index in [0.717, 1.165) is 18.4 Å². The third kappa shape index (κ3) is 4.34. The van der Waals surface area contributed by atoms with Crippen molar-refractivity contribution in [3.63, 3.8) is 0 Å². The number of H-pyrrole nitrogens is 1. The number of ether oxygens (including phenoxy) is 1. The van der Waals surface area contributed by atoms with Gasteiger partial charge in [0.25, 0.3) is 11.8 Å². The van der Waals surface area contributed by atoms with Crippen LogP contribution in [0, 0.1) is 0 Å². The van der Waals surface area contributed by atoms with Gasteiger partial charge in [-0.25, -0.2) is 9.97 Å². The molecular formula is C26H25N5O3. The van der Waals surface area contributed by atoms with E-state index >= 15 is 0 Å². The first-order valence-corrected chi connectivity index (χ1v) is 11.3. The number of hydrogen-bond donors (Lipinski definition) is 3. The van der Waals surface area contributed by atoms with Gasteiger partial charge in [-0.1, -0.05) is 24.3 Å². The van der Waals surface area contributed by atoms with Crippen molar-refractivity contribution in [2.24, 2.45) is 0 Å². The number of aryl methyl sites for hydroxylation is 1. The Balaban J connectivity index is 1.36. The minimum atomic E-state index is -0.220. The van der Waals surface area contributed by atoms with Gasteiger partial charge < -0.3 is 20.4 Å². The number of aromatic amines is 1. The van der Waals surface area contributed by atoms with E-state index in [1.807, 2.05) is 50.2 Å². The first-order chi connectivity index (χ1) is 16.5. The number of fused-ring (bicyclic) bond motifs is 2. The molecule has 1 aliphatic carbocycles. The molecule has 34 heavy (non-hydrogen) atoms. The van der Waals surface area contributed by atoms with E-state index < -0.39 is 0 Å². The van der Waals surface area contributed by atoms with Gasteiger partial charge in [-0.15, -0.1) is 0 Å². The predicted octanol–water partition coefficient (Wildman–Crippen LogP) is 4.31. The normalized spacial score (nSPS) is 14.7. The van der Waals surface area contributed by atoms with Gasteiger partial charge in [0.1, 0.15) is 11.3 Å². The summed E-state index contributed by atoms with van der Waals surface area (Å²) in [6.45, 7) is 3.80. The van der Waals surface area contributed by atoms with Gasteiger partial charge >= 0.3 is 0 Å². The van der Waals surface area contributed by atoms with Gasteiger partial charge in [0.15, 0.2) is 5.65 Å². The summed E-state index contributed by atoms with van der Waals surface area (Å²) in [5, 5.41) is 5.99. The summed E-state index contributed by atoms with van der Waals surface area (Å²) in [5.74, 6) is 0.563. The fraction of sp³-hybridized carbons (Fsp3) is 0.231. The molecule has 0 aliphatic heterocycles. The smallest absolute Gasteiger partial charge is 0.255 e. The number of nitrogens with one attached hydrogen (secondary N) is 3. The Hall–Kier alpha value is -4.20. The summed E-state index contributed by atoms with van der Waals surface area (Å²) in [6.07, 6.45) is 4.84.